The Morgan fingerprint density at radius 1 is 1.33 bits per heavy atom. The summed E-state index contributed by atoms with van der Waals surface area (Å²) in [6, 6.07) is 7.48. The molecule has 0 unspecified atom stereocenters. The molecular weight excluding hydrogens is 228 g/mol. The van der Waals surface area contributed by atoms with Crippen molar-refractivity contribution in [2.24, 2.45) is 0 Å². The van der Waals surface area contributed by atoms with Gasteiger partial charge < -0.3 is 5.11 Å². The number of hydrogen-bond donors (Lipinski definition) is 1. The molecule has 2 aromatic rings. The van der Waals surface area contributed by atoms with Crippen molar-refractivity contribution in [3.8, 4) is 5.69 Å². The Labute approximate surface area is 106 Å². The Kier molecular flexibility index (Phi) is 3.19. The van der Waals surface area contributed by atoms with E-state index in [2.05, 4.69) is 5.10 Å². The summed E-state index contributed by atoms with van der Waals surface area (Å²) in [5.74, 6) is -0.823. The fourth-order valence-corrected chi connectivity index (χ4v) is 1.94. The van der Waals surface area contributed by atoms with Crippen molar-refractivity contribution in [1.29, 1.82) is 0 Å². The molecule has 4 heteroatoms. The summed E-state index contributed by atoms with van der Waals surface area (Å²) in [6.07, 6.45) is 0.0338. The second kappa shape index (κ2) is 4.64. The van der Waals surface area contributed by atoms with Crippen LogP contribution in [0.15, 0.2) is 24.3 Å². The number of aryl methyl sites for hydroxylation is 1. The molecule has 0 aliphatic heterocycles. The number of carbonyl (C=O) groups is 1. The van der Waals surface area contributed by atoms with Crippen LogP contribution >= 0.6 is 0 Å². The van der Waals surface area contributed by atoms with E-state index in [0.29, 0.717) is 0 Å². The van der Waals surface area contributed by atoms with E-state index in [1.54, 1.807) is 0 Å². The van der Waals surface area contributed by atoms with E-state index >= 15 is 0 Å². The van der Waals surface area contributed by atoms with Crippen LogP contribution in [0.25, 0.3) is 5.69 Å². The lowest BCUT2D eigenvalue weighted by Crippen LogP contribution is -2.03. The summed E-state index contributed by atoms with van der Waals surface area (Å²) in [7, 11) is 0. The number of rotatable bonds is 3. The fraction of sp³-hybridized carbons (Fsp3) is 0.286. The van der Waals surface area contributed by atoms with E-state index in [4.69, 9.17) is 5.11 Å². The number of carboxylic acids is 1. The van der Waals surface area contributed by atoms with E-state index in [9.17, 15) is 4.79 Å². The van der Waals surface area contributed by atoms with Gasteiger partial charge in [-0.1, -0.05) is 12.1 Å². The summed E-state index contributed by atoms with van der Waals surface area (Å²) >= 11 is 0. The van der Waals surface area contributed by atoms with Gasteiger partial charge in [0.1, 0.15) is 0 Å². The molecule has 0 aliphatic carbocycles. The third-order valence-electron chi connectivity index (χ3n) is 3.16. The monoisotopic (exact) mass is 244 g/mol. The SMILES string of the molecule is Cc1nn(-c2cccc(CC(=O)O)c2)c(C)c1C. The second-order valence-electron chi connectivity index (χ2n) is 4.45. The predicted molar refractivity (Wildman–Crippen MR) is 69.1 cm³/mol. The molecule has 0 bridgehead atoms. The van der Waals surface area contributed by atoms with Crippen LogP contribution in [0.3, 0.4) is 0 Å². The summed E-state index contributed by atoms with van der Waals surface area (Å²) in [5, 5.41) is 13.3. The first-order valence-electron chi connectivity index (χ1n) is 5.83. The molecule has 0 atom stereocenters. The maximum atomic E-state index is 10.7. The van der Waals surface area contributed by atoms with Crippen LogP contribution in [0.2, 0.25) is 0 Å². The fourth-order valence-electron chi connectivity index (χ4n) is 1.94. The second-order valence-corrected chi connectivity index (χ2v) is 4.45. The molecule has 0 saturated heterocycles. The molecule has 94 valence electrons. The highest BCUT2D eigenvalue weighted by molar-refractivity contribution is 5.70. The molecular formula is C14H16N2O2. The van der Waals surface area contributed by atoms with Crippen molar-refractivity contribution in [3.63, 3.8) is 0 Å². The van der Waals surface area contributed by atoms with Crippen molar-refractivity contribution in [1.82, 2.24) is 9.78 Å². The number of aliphatic carboxylic acids is 1. The third-order valence-corrected chi connectivity index (χ3v) is 3.16. The van der Waals surface area contributed by atoms with E-state index in [0.717, 1.165) is 22.6 Å². The van der Waals surface area contributed by atoms with Crippen LogP contribution in [0, 0.1) is 20.8 Å². The quantitative estimate of drug-likeness (QED) is 0.902. The van der Waals surface area contributed by atoms with Gasteiger partial charge in [0, 0.05) is 5.69 Å². The van der Waals surface area contributed by atoms with Gasteiger partial charge in [0.2, 0.25) is 0 Å². The summed E-state index contributed by atoms with van der Waals surface area (Å²) in [5.41, 5.74) is 4.93. The molecule has 1 heterocycles. The molecule has 2 rings (SSSR count). The van der Waals surface area contributed by atoms with Gasteiger partial charge >= 0.3 is 5.97 Å². The first kappa shape index (κ1) is 12.4. The summed E-state index contributed by atoms with van der Waals surface area (Å²) in [6.45, 7) is 6.02. The smallest absolute Gasteiger partial charge is 0.307 e. The number of aromatic nitrogens is 2. The van der Waals surface area contributed by atoms with Crippen LogP contribution < -0.4 is 0 Å². The van der Waals surface area contributed by atoms with Gasteiger partial charge in [-0.2, -0.15) is 5.10 Å². The number of benzene rings is 1. The molecule has 0 aliphatic rings. The molecule has 1 aromatic heterocycles. The lowest BCUT2D eigenvalue weighted by Gasteiger charge is -2.06. The van der Waals surface area contributed by atoms with Crippen LogP contribution in [-0.4, -0.2) is 20.9 Å². The van der Waals surface area contributed by atoms with Crippen molar-refractivity contribution in [2.75, 3.05) is 0 Å². The van der Waals surface area contributed by atoms with Crippen LogP contribution in [-0.2, 0) is 11.2 Å². The highest BCUT2D eigenvalue weighted by Crippen LogP contribution is 2.17. The molecule has 0 fully saturated rings. The van der Waals surface area contributed by atoms with E-state index < -0.39 is 5.97 Å². The average Bonchev–Trinajstić information content (AvgIpc) is 2.56. The normalized spacial score (nSPS) is 10.6. The van der Waals surface area contributed by atoms with E-state index in [-0.39, 0.29) is 6.42 Å². The van der Waals surface area contributed by atoms with Gasteiger partial charge in [0.25, 0.3) is 0 Å². The zero-order valence-electron chi connectivity index (χ0n) is 10.8. The lowest BCUT2D eigenvalue weighted by molar-refractivity contribution is -0.136. The Morgan fingerprint density at radius 2 is 2.06 bits per heavy atom. The van der Waals surface area contributed by atoms with Crippen LogP contribution in [0.4, 0.5) is 0 Å². The molecule has 0 amide bonds. The highest BCUT2D eigenvalue weighted by atomic mass is 16.4. The predicted octanol–water partition coefficient (Wildman–Crippen LogP) is 2.42. The van der Waals surface area contributed by atoms with Gasteiger partial charge in [-0.15, -0.1) is 0 Å². The molecule has 18 heavy (non-hydrogen) atoms. The lowest BCUT2D eigenvalue weighted by atomic mass is 10.1. The van der Waals surface area contributed by atoms with Gasteiger partial charge in [-0.25, -0.2) is 4.68 Å². The van der Waals surface area contributed by atoms with Crippen molar-refractivity contribution < 1.29 is 9.90 Å². The Balaban J connectivity index is 2.44. The molecule has 4 nitrogen and oxygen atoms in total. The molecule has 1 N–H and O–H groups in total. The standard InChI is InChI=1S/C14H16N2O2/c1-9-10(2)15-16(11(9)3)13-6-4-5-12(7-13)8-14(17)18/h4-7H,8H2,1-3H3,(H,17,18). The van der Waals surface area contributed by atoms with Gasteiger partial charge in [-0.05, 0) is 44.0 Å². The molecule has 1 aromatic carbocycles. The highest BCUT2D eigenvalue weighted by Gasteiger charge is 2.09. The van der Waals surface area contributed by atoms with Crippen LogP contribution in [0.5, 0.6) is 0 Å². The van der Waals surface area contributed by atoms with Crippen molar-refractivity contribution in [3.05, 3.63) is 46.8 Å². The minimum absolute atomic E-state index is 0.0338. The van der Waals surface area contributed by atoms with Crippen molar-refractivity contribution in [2.45, 2.75) is 27.2 Å². The number of carboxylic acid groups (broad SMARTS) is 1. The topological polar surface area (TPSA) is 55.1 Å². The molecule has 0 spiro atoms. The van der Waals surface area contributed by atoms with Gasteiger partial charge in [-0.3, -0.25) is 4.79 Å². The maximum Gasteiger partial charge on any atom is 0.307 e. The van der Waals surface area contributed by atoms with Gasteiger partial charge in [0.05, 0.1) is 17.8 Å². The van der Waals surface area contributed by atoms with Crippen LogP contribution in [0.1, 0.15) is 22.5 Å². The first-order valence-corrected chi connectivity index (χ1v) is 5.83. The average molecular weight is 244 g/mol. The van der Waals surface area contributed by atoms with E-state index in [1.165, 1.54) is 5.56 Å². The largest absolute Gasteiger partial charge is 0.481 e. The third kappa shape index (κ3) is 2.27. The Morgan fingerprint density at radius 3 is 2.61 bits per heavy atom. The Hall–Kier alpha value is -2.10. The summed E-state index contributed by atoms with van der Waals surface area (Å²) < 4.78 is 1.86. The van der Waals surface area contributed by atoms with E-state index in [1.807, 2.05) is 49.7 Å². The maximum absolute atomic E-state index is 10.7. The number of hydrogen-bond acceptors (Lipinski definition) is 2. The molecule has 0 saturated carbocycles. The van der Waals surface area contributed by atoms with Gasteiger partial charge in [0.15, 0.2) is 0 Å². The summed E-state index contributed by atoms with van der Waals surface area (Å²) in [4.78, 5) is 10.7. The van der Waals surface area contributed by atoms with Crippen molar-refractivity contribution >= 4 is 5.97 Å². The minimum atomic E-state index is -0.823. The Bertz CT molecular complexity index is 600. The minimum Gasteiger partial charge on any atom is -0.481 e. The zero-order chi connectivity index (χ0) is 13.3. The molecule has 0 radical (unpaired) electrons. The zero-order valence-corrected chi connectivity index (χ0v) is 10.8. The first-order chi connectivity index (χ1) is 8.49. The number of nitrogens with zero attached hydrogens (tertiary/aromatic N) is 2.